The molecule has 0 fully saturated rings. The molecule has 0 bridgehead atoms. The van der Waals surface area contributed by atoms with E-state index in [1.165, 1.54) is 0 Å². The number of carbonyl (C=O) groups excluding carboxylic acids is 1. The largest absolute Gasteiger partial charge is 0.369 e. The van der Waals surface area contributed by atoms with Gasteiger partial charge in [-0.1, -0.05) is 30.3 Å². The summed E-state index contributed by atoms with van der Waals surface area (Å²) in [5, 5.41) is 4.30. The van der Waals surface area contributed by atoms with Crippen LogP contribution in [0, 0.1) is 13.8 Å². The Kier molecular flexibility index (Phi) is 4.70. The molecule has 0 radical (unpaired) electrons. The zero-order valence-corrected chi connectivity index (χ0v) is 15.1. The fourth-order valence-corrected chi connectivity index (χ4v) is 2.72. The maximum Gasteiger partial charge on any atom is 0.223 e. The van der Waals surface area contributed by atoms with E-state index in [1.807, 2.05) is 37.3 Å². The van der Waals surface area contributed by atoms with Crippen LogP contribution in [0.25, 0.3) is 22.4 Å². The molecule has 0 atom stereocenters. The van der Waals surface area contributed by atoms with Crippen molar-refractivity contribution < 1.29 is 4.79 Å². The number of fused-ring (bicyclic) bond motifs is 1. The van der Waals surface area contributed by atoms with E-state index in [1.54, 1.807) is 19.0 Å². The van der Waals surface area contributed by atoms with E-state index in [-0.39, 0.29) is 5.91 Å². The highest BCUT2D eigenvalue weighted by Gasteiger charge is 2.15. The van der Waals surface area contributed by atoms with Gasteiger partial charge in [-0.25, -0.2) is 9.97 Å². The lowest BCUT2D eigenvalue weighted by Crippen LogP contribution is -2.24. The van der Waals surface area contributed by atoms with Crippen molar-refractivity contribution in [2.75, 3.05) is 26.0 Å². The maximum atomic E-state index is 11.8. The SMILES string of the molecule is Cc1[nH]c2nc(-c3ccccc3)nc(NCCC(=O)N(C)C)c2c1C. The highest BCUT2D eigenvalue weighted by atomic mass is 16.2. The Hall–Kier alpha value is -2.89. The lowest BCUT2D eigenvalue weighted by Gasteiger charge is -2.12. The van der Waals surface area contributed by atoms with Crippen molar-refractivity contribution in [2.24, 2.45) is 0 Å². The summed E-state index contributed by atoms with van der Waals surface area (Å²) in [5.41, 5.74) is 3.96. The molecule has 2 heterocycles. The number of carbonyl (C=O) groups is 1. The number of hydrogen-bond acceptors (Lipinski definition) is 4. The first kappa shape index (κ1) is 17.0. The molecule has 25 heavy (non-hydrogen) atoms. The number of nitrogens with one attached hydrogen (secondary N) is 2. The number of hydrogen-bond donors (Lipinski definition) is 2. The topological polar surface area (TPSA) is 73.9 Å². The van der Waals surface area contributed by atoms with Crippen LogP contribution in [-0.2, 0) is 4.79 Å². The van der Waals surface area contributed by atoms with Gasteiger partial charge in [-0.3, -0.25) is 4.79 Å². The van der Waals surface area contributed by atoms with E-state index in [0.29, 0.717) is 18.8 Å². The van der Waals surface area contributed by atoms with Crippen molar-refractivity contribution in [3.63, 3.8) is 0 Å². The summed E-state index contributed by atoms with van der Waals surface area (Å²) < 4.78 is 0. The number of aromatic nitrogens is 3. The van der Waals surface area contributed by atoms with Crippen LogP contribution in [-0.4, -0.2) is 46.4 Å². The van der Waals surface area contributed by atoms with Gasteiger partial charge in [-0.05, 0) is 19.4 Å². The Morgan fingerprint density at radius 3 is 2.56 bits per heavy atom. The van der Waals surface area contributed by atoms with E-state index in [9.17, 15) is 4.79 Å². The van der Waals surface area contributed by atoms with E-state index in [0.717, 1.165) is 33.7 Å². The third-order valence-corrected chi connectivity index (χ3v) is 4.31. The molecule has 6 heteroatoms. The smallest absolute Gasteiger partial charge is 0.223 e. The van der Waals surface area contributed by atoms with Gasteiger partial charge in [0.25, 0.3) is 0 Å². The molecular formula is C19H23N5O. The normalized spacial score (nSPS) is 10.9. The van der Waals surface area contributed by atoms with Crippen molar-refractivity contribution in [2.45, 2.75) is 20.3 Å². The van der Waals surface area contributed by atoms with E-state index < -0.39 is 0 Å². The summed E-state index contributed by atoms with van der Waals surface area (Å²) in [5.74, 6) is 1.51. The molecule has 1 aromatic carbocycles. The summed E-state index contributed by atoms with van der Waals surface area (Å²) in [6, 6.07) is 9.89. The lowest BCUT2D eigenvalue weighted by atomic mass is 10.2. The number of rotatable bonds is 5. The molecule has 0 aliphatic rings. The van der Waals surface area contributed by atoms with Gasteiger partial charge in [0.05, 0.1) is 5.39 Å². The molecule has 0 saturated carbocycles. The third-order valence-electron chi connectivity index (χ3n) is 4.31. The van der Waals surface area contributed by atoms with Crippen molar-refractivity contribution in [3.05, 3.63) is 41.6 Å². The Bertz CT molecular complexity index is 899. The second-order valence-electron chi connectivity index (χ2n) is 6.33. The number of H-pyrrole nitrogens is 1. The molecule has 3 rings (SSSR count). The van der Waals surface area contributed by atoms with Crippen LogP contribution in [0.3, 0.4) is 0 Å². The lowest BCUT2D eigenvalue weighted by molar-refractivity contribution is -0.128. The first-order chi connectivity index (χ1) is 12.0. The number of benzene rings is 1. The Morgan fingerprint density at radius 2 is 1.88 bits per heavy atom. The van der Waals surface area contributed by atoms with Gasteiger partial charge in [0.1, 0.15) is 11.5 Å². The molecule has 130 valence electrons. The summed E-state index contributed by atoms with van der Waals surface area (Å²) in [6.07, 6.45) is 0.418. The van der Waals surface area contributed by atoms with Gasteiger partial charge >= 0.3 is 0 Å². The highest BCUT2D eigenvalue weighted by molar-refractivity contribution is 5.93. The first-order valence-corrected chi connectivity index (χ1v) is 8.33. The molecular weight excluding hydrogens is 314 g/mol. The summed E-state index contributed by atoms with van der Waals surface area (Å²) >= 11 is 0. The van der Waals surface area contributed by atoms with Crippen LogP contribution < -0.4 is 5.32 Å². The number of anilines is 1. The summed E-state index contributed by atoms with van der Waals surface area (Å²) in [4.78, 5) is 26.1. The maximum absolute atomic E-state index is 11.8. The number of amides is 1. The van der Waals surface area contributed by atoms with Crippen LogP contribution in [0.1, 0.15) is 17.7 Å². The number of aryl methyl sites for hydroxylation is 2. The molecule has 0 aliphatic carbocycles. The molecule has 2 N–H and O–H groups in total. The molecule has 3 aromatic rings. The molecule has 1 amide bonds. The standard InChI is InChI=1S/C19H23N5O/c1-12-13(2)21-19-16(12)18(20-11-10-15(25)24(3)4)22-17(23-19)14-8-6-5-7-9-14/h5-9H,10-11H2,1-4H3,(H2,20,21,22,23). The zero-order valence-electron chi connectivity index (χ0n) is 15.1. The highest BCUT2D eigenvalue weighted by Crippen LogP contribution is 2.29. The minimum absolute atomic E-state index is 0.0862. The van der Waals surface area contributed by atoms with Gasteiger partial charge in [-0.15, -0.1) is 0 Å². The van der Waals surface area contributed by atoms with Gasteiger partial charge in [0, 0.05) is 38.3 Å². The van der Waals surface area contributed by atoms with Crippen LogP contribution >= 0.6 is 0 Å². The van der Waals surface area contributed by atoms with Gasteiger partial charge in [0.15, 0.2) is 5.82 Å². The van der Waals surface area contributed by atoms with Crippen LogP contribution in [0.5, 0.6) is 0 Å². The fourth-order valence-electron chi connectivity index (χ4n) is 2.72. The first-order valence-electron chi connectivity index (χ1n) is 8.33. The van der Waals surface area contributed by atoms with Gasteiger partial charge < -0.3 is 15.2 Å². The van der Waals surface area contributed by atoms with Crippen molar-refractivity contribution in [3.8, 4) is 11.4 Å². The molecule has 6 nitrogen and oxygen atoms in total. The predicted octanol–water partition coefficient (Wildman–Crippen LogP) is 3.13. The molecule has 2 aromatic heterocycles. The average molecular weight is 337 g/mol. The van der Waals surface area contributed by atoms with Gasteiger partial charge in [-0.2, -0.15) is 0 Å². The summed E-state index contributed by atoms with van der Waals surface area (Å²) in [7, 11) is 3.52. The second kappa shape index (κ2) is 6.93. The monoisotopic (exact) mass is 337 g/mol. The molecule has 0 saturated heterocycles. The van der Waals surface area contributed by atoms with Crippen LogP contribution in [0.15, 0.2) is 30.3 Å². The minimum atomic E-state index is 0.0862. The predicted molar refractivity (Wildman–Crippen MR) is 101 cm³/mol. The quantitative estimate of drug-likeness (QED) is 0.750. The second-order valence-corrected chi connectivity index (χ2v) is 6.33. The molecule has 0 spiro atoms. The van der Waals surface area contributed by atoms with E-state index in [2.05, 4.69) is 22.2 Å². The third kappa shape index (κ3) is 3.47. The van der Waals surface area contributed by atoms with E-state index in [4.69, 9.17) is 4.98 Å². The number of nitrogens with zero attached hydrogens (tertiary/aromatic N) is 3. The van der Waals surface area contributed by atoms with E-state index >= 15 is 0 Å². The van der Waals surface area contributed by atoms with Gasteiger partial charge in [0.2, 0.25) is 5.91 Å². The van der Waals surface area contributed by atoms with Crippen molar-refractivity contribution >= 4 is 22.8 Å². The van der Waals surface area contributed by atoms with Crippen molar-refractivity contribution in [1.29, 1.82) is 0 Å². The average Bonchev–Trinajstić information content (AvgIpc) is 2.89. The summed E-state index contributed by atoms with van der Waals surface area (Å²) in [6.45, 7) is 4.61. The zero-order chi connectivity index (χ0) is 18.0. The van der Waals surface area contributed by atoms with Crippen LogP contribution in [0.4, 0.5) is 5.82 Å². The van der Waals surface area contributed by atoms with Crippen molar-refractivity contribution in [1.82, 2.24) is 19.9 Å². The number of aromatic amines is 1. The Balaban J connectivity index is 1.98. The molecule has 0 unspecified atom stereocenters. The van der Waals surface area contributed by atoms with Crippen LogP contribution in [0.2, 0.25) is 0 Å². The minimum Gasteiger partial charge on any atom is -0.369 e. The fraction of sp³-hybridized carbons (Fsp3) is 0.316. The Morgan fingerprint density at radius 1 is 1.16 bits per heavy atom. The Labute approximate surface area is 147 Å². The molecule has 0 aliphatic heterocycles.